The molecule has 0 aromatic rings. The molecular formula is C17H33BFN. The summed E-state index contributed by atoms with van der Waals surface area (Å²) >= 11 is 0. The molecule has 0 fully saturated rings. The van der Waals surface area contributed by atoms with Gasteiger partial charge >= 0.3 is 0 Å². The SMILES string of the molecule is B/C(=C/C)NCC(=C)CC(C)CCCC(F)CCCC. The highest BCUT2D eigenvalue weighted by Gasteiger charge is 2.09. The zero-order valence-corrected chi connectivity index (χ0v) is 14.0. The average molecular weight is 281 g/mol. The highest BCUT2D eigenvalue weighted by Crippen LogP contribution is 2.19. The van der Waals surface area contributed by atoms with Crippen LogP contribution in [0, 0.1) is 5.92 Å². The lowest BCUT2D eigenvalue weighted by Gasteiger charge is -2.15. The van der Waals surface area contributed by atoms with Gasteiger partial charge in [-0.2, -0.15) is 0 Å². The summed E-state index contributed by atoms with van der Waals surface area (Å²) in [6.07, 6.45) is 8.19. The molecule has 0 heterocycles. The molecule has 2 atom stereocenters. The molecule has 0 aliphatic heterocycles. The van der Waals surface area contributed by atoms with E-state index in [4.69, 9.17) is 0 Å². The van der Waals surface area contributed by atoms with Crippen molar-refractivity contribution in [2.45, 2.75) is 71.9 Å². The number of allylic oxidation sites excluding steroid dienone is 1. The molecule has 1 N–H and O–H groups in total. The zero-order chi connectivity index (χ0) is 15.4. The fourth-order valence-corrected chi connectivity index (χ4v) is 2.29. The van der Waals surface area contributed by atoms with E-state index in [0.717, 1.165) is 51.5 Å². The first-order valence-corrected chi connectivity index (χ1v) is 8.17. The van der Waals surface area contributed by atoms with Crippen LogP contribution in [0.15, 0.2) is 23.8 Å². The third kappa shape index (κ3) is 11.1. The molecule has 0 aliphatic rings. The molecule has 0 aromatic heterocycles. The van der Waals surface area contributed by atoms with Gasteiger partial charge in [-0.05, 0) is 37.7 Å². The van der Waals surface area contributed by atoms with E-state index in [1.807, 2.05) is 6.92 Å². The fourth-order valence-electron chi connectivity index (χ4n) is 2.29. The van der Waals surface area contributed by atoms with Crippen molar-refractivity contribution in [3.63, 3.8) is 0 Å². The minimum Gasteiger partial charge on any atom is -0.393 e. The first-order chi connectivity index (χ1) is 9.49. The van der Waals surface area contributed by atoms with Crippen molar-refractivity contribution in [3.8, 4) is 0 Å². The first kappa shape index (κ1) is 19.3. The number of unbranched alkanes of at least 4 members (excludes halogenated alkanes) is 1. The number of hydrogen-bond donors (Lipinski definition) is 1. The van der Waals surface area contributed by atoms with Gasteiger partial charge in [-0.1, -0.05) is 57.8 Å². The predicted octanol–water partition coefficient (Wildman–Crippen LogP) is 4.35. The number of nitrogens with one attached hydrogen (secondary N) is 1. The van der Waals surface area contributed by atoms with Gasteiger partial charge in [0.25, 0.3) is 0 Å². The van der Waals surface area contributed by atoms with Crippen LogP contribution in [-0.2, 0) is 0 Å². The summed E-state index contributed by atoms with van der Waals surface area (Å²) < 4.78 is 13.5. The standard InChI is InChI=1S/C17H33BFN/c1-5-7-10-16(19)11-8-9-14(3)12-15(4)13-20-17(18)6-2/h6,14,16,20H,4-5,7-13,18H2,1-3H3/b17-6-. The van der Waals surface area contributed by atoms with Crippen LogP contribution in [0.4, 0.5) is 4.39 Å². The molecule has 0 spiro atoms. The Bertz CT molecular complexity index is 289. The topological polar surface area (TPSA) is 12.0 Å². The molecule has 0 amide bonds. The van der Waals surface area contributed by atoms with Crippen LogP contribution >= 0.6 is 0 Å². The van der Waals surface area contributed by atoms with Gasteiger partial charge in [-0.15, -0.1) is 0 Å². The molecule has 116 valence electrons. The summed E-state index contributed by atoms with van der Waals surface area (Å²) in [5.74, 6) is 0.605. The van der Waals surface area contributed by atoms with Gasteiger partial charge in [0.2, 0.25) is 0 Å². The minimum absolute atomic E-state index is 0.593. The van der Waals surface area contributed by atoms with Gasteiger partial charge < -0.3 is 5.32 Å². The van der Waals surface area contributed by atoms with Gasteiger partial charge in [0.05, 0.1) is 0 Å². The summed E-state index contributed by atoms with van der Waals surface area (Å²) in [6.45, 7) is 11.4. The molecule has 20 heavy (non-hydrogen) atoms. The Morgan fingerprint density at radius 1 is 1.30 bits per heavy atom. The lowest BCUT2D eigenvalue weighted by Crippen LogP contribution is -2.17. The summed E-state index contributed by atoms with van der Waals surface area (Å²) in [7, 11) is 2.06. The van der Waals surface area contributed by atoms with E-state index in [9.17, 15) is 4.39 Å². The quantitative estimate of drug-likeness (QED) is 0.414. The van der Waals surface area contributed by atoms with Crippen LogP contribution in [0.3, 0.4) is 0 Å². The average Bonchev–Trinajstić information content (AvgIpc) is 2.42. The van der Waals surface area contributed by atoms with Crippen LogP contribution in [-0.4, -0.2) is 20.6 Å². The van der Waals surface area contributed by atoms with Crippen molar-refractivity contribution in [1.29, 1.82) is 0 Å². The second-order valence-electron chi connectivity index (χ2n) is 6.05. The third-order valence-corrected chi connectivity index (χ3v) is 3.77. The van der Waals surface area contributed by atoms with Crippen LogP contribution in [0.2, 0.25) is 0 Å². The maximum Gasteiger partial charge on any atom is 0.159 e. The van der Waals surface area contributed by atoms with E-state index in [0.29, 0.717) is 5.92 Å². The molecule has 1 nitrogen and oxygen atoms in total. The lowest BCUT2D eigenvalue weighted by molar-refractivity contribution is 0.276. The monoisotopic (exact) mass is 281 g/mol. The van der Waals surface area contributed by atoms with Gasteiger partial charge in [0.1, 0.15) is 6.17 Å². The Morgan fingerprint density at radius 2 is 1.95 bits per heavy atom. The Kier molecular flexibility index (Phi) is 11.6. The Balaban J connectivity index is 3.66. The van der Waals surface area contributed by atoms with Gasteiger partial charge in [0, 0.05) is 6.54 Å². The van der Waals surface area contributed by atoms with E-state index < -0.39 is 6.17 Å². The van der Waals surface area contributed by atoms with E-state index in [-0.39, 0.29) is 0 Å². The lowest BCUT2D eigenvalue weighted by atomic mass is 9.94. The van der Waals surface area contributed by atoms with Gasteiger partial charge in [-0.3, -0.25) is 0 Å². The van der Waals surface area contributed by atoms with E-state index in [2.05, 4.69) is 39.7 Å². The maximum atomic E-state index is 13.5. The van der Waals surface area contributed by atoms with Crippen molar-refractivity contribution in [3.05, 3.63) is 23.8 Å². The summed E-state index contributed by atoms with van der Waals surface area (Å²) in [6, 6.07) is 0. The largest absolute Gasteiger partial charge is 0.393 e. The molecule has 0 aliphatic carbocycles. The molecule has 0 saturated heterocycles. The maximum absolute atomic E-state index is 13.5. The summed E-state index contributed by atoms with van der Waals surface area (Å²) in [5, 5.41) is 3.34. The highest BCUT2D eigenvalue weighted by atomic mass is 19.1. The Morgan fingerprint density at radius 3 is 2.55 bits per heavy atom. The normalized spacial score (nSPS) is 14.9. The second-order valence-corrected chi connectivity index (χ2v) is 6.05. The smallest absolute Gasteiger partial charge is 0.159 e. The molecule has 3 heteroatoms. The van der Waals surface area contributed by atoms with Crippen molar-refractivity contribution in [2.24, 2.45) is 5.92 Å². The minimum atomic E-state index is -0.593. The number of hydrogen-bond acceptors (Lipinski definition) is 1. The van der Waals surface area contributed by atoms with Gasteiger partial charge in [0.15, 0.2) is 7.85 Å². The fraction of sp³-hybridized carbons (Fsp3) is 0.765. The van der Waals surface area contributed by atoms with Gasteiger partial charge in [-0.25, -0.2) is 4.39 Å². The van der Waals surface area contributed by atoms with Crippen LogP contribution in [0.5, 0.6) is 0 Å². The zero-order valence-electron chi connectivity index (χ0n) is 14.0. The molecule has 0 radical (unpaired) electrons. The molecular weight excluding hydrogens is 248 g/mol. The molecule has 0 saturated carbocycles. The van der Waals surface area contributed by atoms with Crippen LogP contribution in [0.1, 0.15) is 65.7 Å². The molecule has 0 rings (SSSR count). The Labute approximate surface area is 126 Å². The van der Waals surface area contributed by atoms with Crippen LogP contribution in [0.25, 0.3) is 0 Å². The molecule has 0 bridgehead atoms. The van der Waals surface area contributed by atoms with E-state index >= 15 is 0 Å². The van der Waals surface area contributed by atoms with E-state index in [1.54, 1.807) is 0 Å². The highest BCUT2D eigenvalue weighted by molar-refractivity contribution is 6.21. The summed E-state index contributed by atoms with van der Waals surface area (Å²) in [5.41, 5.74) is 2.43. The van der Waals surface area contributed by atoms with Crippen molar-refractivity contribution in [2.75, 3.05) is 6.54 Å². The van der Waals surface area contributed by atoms with Crippen molar-refractivity contribution < 1.29 is 4.39 Å². The van der Waals surface area contributed by atoms with Crippen molar-refractivity contribution >= 4 is 7.85 Å². The summed E-state index contributed by atoms with van der Waals surface area (Å²) in [4.78, 5) is 0. The second kappa shape index (κ2) is 12.0. The predicted molar refractivity (Wildman–Crippen MR) is 91.5 cm³/mol. The third-order valence-electron chi connectivity index (χ3n) is 3.77. The van der Waals surface area contributed by atoms with E-state index in [1.165, 1.54) is 11.2 Å². The van der Waals surface area contributed by atoms with Crippen LogP contribution < -0.4 is 5.32 Å². The Hall–Kier alpha value is -0.725. The number of alkyl halides is 1. The van der Waals surface area contributed by atoms with Crippen molar-refractivity contribution in [1.82, 2.24) is 5.32 Å². The molecule has 2 unspecified atom stereocenters. The molecule has 0 aromatic carbocycles. The number of halogens is 1. The number of rotatable bonds is 12. The first-order valence-electron chi connectivity index (χ1n) is 8.17.